The molecular weight excluding hydrogens is 208 g/mol. The number of hydrogen-bond acceptors (Lipinski definition) is 2. The Kier molecular flexibility index (Phi) is 2.11. The van der Waals surface area contributed by atoms with Gasteiger partial charge in [0.05, 0.1) is 0 Å². The van der Waals surface area contributed by atoms with Crippen molar-refractivity contribution in [2.75, 3.05) is 0 Å². The largest absolute Gasteiger partial charge is 0.261 e. The zero-order chi connectivity index (χ0) is 12.0. The van der Waals surface area contributed by atoms with Crippen LogP contribution in [0.3, 0.4) is 0 Å². The molecule has 2 heteroatoms. The molecular formula is C15H14N2. The molecule has 0 aliphatic rings. The molecule has 0 aliphatic heterocycles. The van der Waals surface area contributed by atoms with E-state index in [0.29, 0.717) is 0 Å². The van der Waals surface area contributed by atoms with Crippen LogP contribution < -0.4 is 0 Å². The Morgan fingerprint density at radius 2 is 1.53 bits per heavy atom. The molecule has 0 saturated carbocycles. The van der Waals surface area contributed by atoms with Crippen LogP contribution in [0.4, 0.5) is 0 Å². The van der Waals surface area contributed by atoms with Crippen LogP contribution in [0.1, 0.15) is 17.1 Å². The summed E-state index contributed by atoms with van der Waals surface area (Å²) >= 11 is 0. The number of hydrogen-bond donors (Lipinski definition) is 0. The highest BCUT2D eigenvalue weighted by molar-refractivity contribution is 6.09. The molecule has 0 aliphatic carbocycles. The summed E-state index contributed by atoms with van der Waals surface area (Å²) in [6.07, 6.45) is 1.86. The zero-order valence-corrected chi connectivity index (χ0v) is 10.3. The SMILES string of the molecule is Cc1cc2ccc3ccnc(C)c3c2c(C)n1. The minimum absolute atomic E-state index is 1.07. The molecule has 0 spiro atoms. The average Bonchev–Trinajstić information content (AvgIpc) is 2.28. The number of aryl methyl sites for hydroxylation is 3. The maximum atomic E-state index is 4.57. The normalized spacial score (nSPS) is 11.2. The van der Waals surface area contributed by atoms with Gasteiger partial charge in [0.15, 0.2) is 0 Å². The van der Waals surface area contributed by atoms with Crippen LogP contribution in [0.5, 0.6) is 0 Å². The lowest BCUT2D eigenvalue weighted by atomic mass is 10.0. The lowest BCUT2D eigenvalue weighted by Crippen LogP contribution is -1.92. The minimum atomic E-state index is 1.07. The summed E-state index contributed by atoms with van der Waals surface area (Å²) in [6.45, 7) is 6.16. The van der Waals surface area contributed by atoms with Crippen LogP contribution in [0, 0.1) is 20.8 Å². The number of aromatic nitrogens is 2. The molecule has 0 saturated heterocycles. The van der Waals surface area contributed by atoms with E-state index in [2.05, 4.69) is 48.1 Å². The first-order chi connectivity index (χ1) is 8.16. The van der Waals surface area contributed by atoms with Gasteiger partial charge in [-0.3, -0.25) is 9.97 Å². The molecule has 0 unspecified atom stereocenters. The van der Waals surface area contributed by atoms with Gasteiger partial charge in [-0.05, 0) is 43.7 Å². The van der Waals surface area contributed by atoms with Gasteiger partial charge < -0.3 is 0 Å². The molecule has 0 N–H and O–H groups in total. The highest BCUT2D eigenvalue weighted by Crippen LogP contribution is 2.29. The van der Waals surface area contributed by atoms with Crippen LogP contribution in [-0.4, -0.2) is 9.97 Å². The van der Waals surface area contributed by atoms with Crippen molar-refractivity contribution >= 4 is 21.5 Å². The third-order valence-corrected chi connectivity index (χ3v) is 3.22. The van der Waals surface area contributed by atoms with Gasteiger partial charge in [-0.25, -0.2) is 0 Å². The summed E-state index contributed by atoms with van der Waals surface area (Å²) in [5.41, 5.74) is 3.22. The Morgan fingerprint density at radius 1 is 0.824 bits per heavy atom. The predicted molar refractivity (Wildman–Crippen MR) is 71.3 cm³/mol. The first-order valence-electron chi connectivity index (χ1n) is 5.79. The molecule has 2 aromatic heterocycles. The first-order valence-corrected chi connectivity index (χ1v) is 5.79. The van der Waals surface area contributed by atoms with Crippen LogP contribution in [0.25, 0.3) is 21.5 Å². The summed E-state index contributed by atoms with van der Waals surface area (Å²) in [5.74, 6) is 0. The Labute approximate surface area is 100 Å². The highest BCUT2D eigenvalue weighted by atomic mass is 14.7. The van der Waals surface area contributed by atoms with Crippen molar-refractivity contribution < 1.29 is 0 Å². The maximum Gasteiger partial charge on any atom is 0.0461 e. The first kappa shape index (κ1) is 10.2. The summed E-state index contributed by atoms with van der Waals surface area (Å²) in [5, 5.41) is 4.95. The molecule has 2 heterocycles. The maximum absolute atomic E-state index is 4.57. The number of nitrogens with zero attached hydrogens (tertiary/aromatic N) is 2. The zero-order valence-electron chi connectivity index (χ0n) is 10.3. The Bertz CT molecular complexity index is 730. The average molecular weight is 222 g/mol. The Hall–Kier alpha value is -1.96. The predicted octanol–water partition coefficient (Wildman–Crippen LogP) is 3.71. The Morgan fingerprint density at radius 3 is 2.35 bits per heavy atom. The van der Waals surface area contributed by atoms with E-state index in [1.165, 1.54) is 21.5 Å². The molecule has 0 amide bonds. The smallest absolute Gasteiger partial charge is 0.0461 e. The summed E-state index contributed by atoms with van der Waals surface area (Å²) in [4.78, 5) is 8.96. The Balaban J connectivity index is 2.63. The quantitative estimate of drug-likeness (QED) is 0.542. The summed E-state index contributed by atoms with van der Waals surface area (Å²) < 4.78 is 0. The van der Waals surface area contributed by atoms with Crippen molar-refractivity contribution in [3.63, 3.8) is 0 Å². The van der Waals surface area contributed by atoms with Gasteiger partial charge in [0.2, 0.25) is 0 Å². The van der Waals surface area contributed by atoms with E-state index >= 15 is 0 Å². The molecule has 3 aromatic rings. The number of benzene rings is 1. The van der Waals surface area contributed by atoms with Gasteiger partial charge in [-0.15, -0.1) is 0 Å². The van der Waals surface area contributed by atoms with Crippen molar-refractivity contribution in [3.05, 3.63) is 47.5 Å². The van der Waals surface area contributed by atoms with E-state index in [9.17, 15) is 0 Å². The second-order valence-corrected chi connectivity index (χ2v) is 4.51. The van der Waals surface area contributed by atoms with Crippen molar-refractivity contribution in [1.29, 1.82) is 0 Å². The van der Waals surface area contributed by atoms with Gasteiger partial charge in [-0.2, -0.15) is 0 Å². The number of fused-ring (bicyclic) bond motifs is 3. The lowest BCUT2D eigenvalue weighted by Gasteiger charge is -2.09. The lowest BCUT2D eigenvalue weighted by molar-refractivity contribution is 1.15. The van der Waals surface area contributed by atoms with Crippen LogP contribution in [-0.2, 0) is 0 Å². The van der Waals surface area contributed by atoms with Crippen molar-refractivity contribution in [3.8, 4) is 0 Å². The molecule has 0 fully saturated rings. The van der Waals surface area contributed by atoms with E-state index in [0.717, 1.165) is 17.1 Å². The van der Waals surface area contributed by atoms with E-state index in [1.807, 2.05) is 13.1 Å². The molecule has 0 radical (unpaired) electrons. The van der Waals surface area contributed by atoms with Crippen molar-refractivity contribution in [2.24, 2.45) is 0 Å². The highest BCUT2D eigenvalue weighted by Gasteiger charge is 2.07. The van der Waals surface area contributed by atoms with Crippen molar-refractivity contribution in [1.82, 2.24) is 9.97 Å². The third-order valence-electron chi connectivity index (χ3n) is 3.22. The fourth-order valence-corrected chi connectivity index (χ4v) is 2.55. The van der Waals surface area contributed by atoms with Crippen LogP contribution >= 0.6 is 0 Å². The van der Waals surface area contributed by atoms with Crippen LogP contribution in [0.15, 0.2) is 30.5 Å². The monoisotopic (exact) mass is 222 g/mol. The van der Waals surface area contributed by atoms with Gasteiger partial charge in [-0.1, -0.05) is 12.1 Å². The molecule has 0 bridgehead atoms. The third kappa shape index (κ3) is 1.48. The second kappa shape index (κ2) is 3.52. The van der Waals surface area contributed by atoms with Gasteiger partial charge >= 0.3 is 0 Å². The molecule has 3 rings (SSSR count). The van der Waals surface area contributed by atoms with Gasteiger partial charge in [0.25, 0.3) is 0 Å². The summed E-state index contributed by atoms with van der Waals surface area (Å²) in [6, 6.07) is 8.51. The van der Waals surface area contributed by atoms with Crippen LogP contribution in [0.2, 0.25) is 0 Å². The summed E-state index contributed by atoms with van der Waals surface area (Å²) in [7, 11) is 0. The minimum Gasteiger partial charge on any atom is -0.261 e. The van der Waals surface area contributed by atoms with Crippen molar-refractivity contribution in [2.45, 2.75) is 20.8 Å². The molecule has 17 heavy (non-hydrogen) atoms. The van der Waals surface area contributed by atoms with E-state index < -0.39 is 0 Å². The standard InChI is InChI=1S/C15H14N2/c1-9-8-13-5-4-12-6-7-16-10(2)14(12)15(13)11(3)17-9/h4-8H,1-3H3. The van der Waals surface area contributed by atoms with E-state index in [-0.39, 0.29) is 0 Å². The van der Waals surface area contributed by atoms with E-state index in [4.69, 9.17) is 0 Å². The topological polar surface area (TPSA) is 25.8 Å². The molecule has 1 aromatic carbocycles. The van der Waals surface area contributed by atoms with Gasteiger partial charge in [0.1, 0.15) is 0 Å². The number of pyridine rings is 2. The molecule has 0 atom stereocenters. The van der Waals surface area contributed by atoms with E-state index in [1.54, 1.807) is 0 Å². The fourth-order valence-electron chi connectivity index (χ4n) is 2.55. The molecule has 84 valence electrons. The fraction of sp³-hybridized carbons (Fsp3) is 0.200. The molecule has 2 nitrogen and oxygen atoms in total. The second-order valence-electron chi connectivity index (χ2n) is 4.51. The van der Waals surface area contributed by atoms with Gasteiger partial charge in [0, 0.05) is 34.1 Å². The number of rotatable bonds is 0.